The van der Waals surface area contributed by atoms with Crippen LogP contribution in [0.5, 0.6) is 0 Å². The molecule has 0 spiro atoms. The maximum Gasteiger partial charge on any atom is 0.407 e. The van der Waals surface area contributed by atoms with Crippen LogP contribution >= 0.6 is 0 Å². The van der Waals surface area contributed by atoms with Gasteiger partial charge in [-0.2, -0.15) is 0 Å². The van der Waals surface area contributed by atoms with Gasteiger partial charge in [0.25, 0.3) is 0 Å². The number of amides is 3. The summed E-state index contributed by atoms with van der Waals surface area (Å²) in [5.74, 6) is -3.71. The summed E-state index contributed by atoms with van der Waals surface area (Å²) in [6.07, 6.45) is 3.08. The van der Waals surface area contributed by atoms with Crippen LogP contribution < -0.4 is 10.6 Å². The lowest BCUT2D eigenvalue weighted by Crippen LogP contribution is -2.49. The van der Waals surface area contributed by atoms with Crippen LogP contribution in [0, 0.1) is 5.92 Å². The van der Waals surface area contributed by atoms with Crippen molar-refractivity contribution in [2.24, 2.45) is 5.92 Å². The molecule has 3 amide bonds. The minimum atomic E-state index is -1.42. The molecule has 296 valence electrons. The maximum absolute atomic E-state index is 13.8. The van der Waals surface area contributed by atoms with E-state index >= 15 is 0 Å². The Kier molecular flexibility index (Phi) is 14.2. The molecule has 3 atom stereocenters. The van der Waals surface area contributed by atoms with Crippen molar-refractivity contribution in [3.05, 3.63) is 144 Å². The predicted octanol–water partition coefficient (Wildman–Crippen LogP) is 5.43. The van der Waals surface area contributed by atoms with Gasteiger partial charge >= 0.3 is 18.0 Å². The average Bonchev–Trinajstić information content (AvgIpc) is 3.56. The first-order chi connectivity index (χ1) is 27.8. The molecule has 12 nitrogen and oxygen atoms in total. The standard InChI is InChI=1S/C45H47N3O9/c49-25-24-48(27-31-14-4-1-5-15-31)41(50)26-33-18-8-3-9-23-39(43(52)56-30-40(46-42(33)51)44(53)55-28-32-16-6-2-7-17-32)47-45(54)57-29-38-36-21-12-10-19-34(36)35-20-11-13-22-37(35)38/h1-8,10-17,19-22,33,38-40,49H,9,18,23-30H2,(H,46,51)(H,47,54). The van der Waals surface area contributed by atoms with Gasteiger partial charge in [0.15, 0.2) is 6.04 Å². The van der Waals surface area contributed by atoms with Gasteiger partial charge in [0.1, 0.15) is 25.9 Å². The summed E-state index contributed by atoms with van der Waals surface area (Å²) in [6, 6.07) is 31.6. The van der Waals surface area contributed by atoms with E-state index in [4.69, 9.17) is 14.2 Å². The lowest BCUT2D eigenvalue weighted by atomic mass is 9.98. The Balaban J connectivity index is 1.15. The monoisotopic (exact) mass is 773 g/mol. The van der Waals surface area contributed by atoms with E-state index in [0.717, 1.165) is 27.8 Å². The fraction of sp³-hybridized carbons (Fsp3) is 0.311. The number of hydrogen-bond acceptors (Lipinski definition) is 9. The number of esters is 2. The number of alkyl carbamates (subject to hydrolysis) is 1. The maximum atomic E-state index is 13.8. The summed E-state index contributed by atoms with van der Waals surface area (Å²) in [6.45, 7) is -0.579. The first kappa shape index (κ1) is 40.4. The number of benzene rings is 4. The Hall–Kier alpha value is -6.27. The number of allylic oxidation sites excluding steroid dienone is 2. The molecule has 4 aromatic rings. The molecule has 0 saturated carbocycles. The number of fused-ring (bicyclic) bond motifs is 3. The fourth-order valence-electron chi connectivity index (χ4n) is 7.07. The number of rotatable bonds is 12. The van der Waals surface area contributed by atoms with E-state index < -0.39 is 48.5 Å². The van der Waals surface area contributed by atoms with Crippen LogP contribution in [0.2, 0.25) is 0 Å². The van der Waals surface area contributed by atoms with Gasteiger partial charge in [0, 0.05) is 25.4 Å². The molecule has 0 bridgehead atoms. The average molecular weight is 774 g/mol. The summed E-state index contributed by atoms with van der Waals surface area (Å²) in [7, 11) is 0. The lowest BCUT2D eigenvalue weighted by Gasteiger charge is -2.25. The SMILES string of the molecule is O=C(NC1CCC=CCC(CC(=O)N(CCO)Cc2ccccc2)C(=O)NC(C(=O)OCc2ccccc2)COC1=O)OCC1c2ccccc2-c2ccccc21. The minimum Gasteiger partial charge on any atom is -0.461 e. The molecule has 3 N–H and O–H groups in total. The highest BCUT2D eigenvalue weighted by molar-refractivity contribution is 5.90. The van der Waals surface area contributed by atoms with Crippen LogP contribution in [0.25, 0.3) is 11.1 Å². The normalized spacial score (nSPS) is 18.3. The number of nitrogens with zero attached hydrogens (tertiary/aromatic N) is 1. The van der Waals surface area contributed by atoms with E-state index in [1.165, 1.54) is 4.90 Å². The molecular formula is C45H47N3O9. The number of carbonyl (C=O) groups is 5. The second-order valence-corrected chi connectivity index (χ2v) is 14.0. The Morgan fingerprint density at radius 3 is 2.11 bits per heavy atom. The van der Waals surface area contributed by atoms with Crippen molar-refractivity contribution in [1.29, 1.82) is 0 Å². The molecule has 1 heterocycles. The number of ether oxygens (including phenoxy) is 3. The Morgan fingerprint density at radius 2 is 1.44 bits per heavy atom. The van der Waals surface area contributed by atoms with Crippen molar-refractivity contribution in [1.82, 2.24) is 15.5 Å². The number of nitrogens with one attached hydrogen (secondary N) is 2. The zero-order valence-corrected chi connectivity index (χ0v) is 31.6. The third-order valence-corrected chi connectivity index (χ3v) is 10.1. The molecule has 3 unspecified atom stereocenters. The number of aliphatic hydroxyl groups excluding tert-OH is 1. The molecule has 12 heteroatoms. The largest absolute Gasteiger partial charge is 0.461 e. The zero-order chi connectivity index (χ0) is 40.0. The molecule has 4 aromatic carbocycles. The van der Waals surface area contributed by atoms with Gasteiger partial charge in [-0.25, -0.2) is 14.4 Å². The van der Waals surface area contributed by atoms with Gasteiger partial charge in [-0.1, -0.05) is 121 Å². The smallest absolute Gasteiger partial charge is 0.407 e. The van der Waals surface area contributed by atoms with Crippen LogP contribution in [0.3, 0.4) is 0 Å². The second-order valence-electron chi connectivity index (χ2n) is 14.0. The highest BCUT2D eigenvalue weighted by Crippen LogP contribution is 2.44. The van der Waals surface area contributed by atoms with E-state index in [1.54, 1.807) is 36.4 Å². The van der Waals surface area contributed by atoms with Crippen molar-refractivity contribution in [3.63, 3.8) is 0 Å². The summed E-state index contributed by atoms with van der Waals surface area (Å²) < 4.78 is 16.8. The fourth-order valence-corrected chi connectivity index (χ4v) is 7.07. The second kappa shape index (κ2) is 20.1. The van der Waals surface area contributed by atoms with Crippen molar-refractivity contribution >= 4 is 29.8 Å². The third kappa shape index (κ3) is 10.9. The van der Waals surface area contributed by atoms with E-state index in [-0.39, 0.29) is 64.0 Å². The first-order valence-electron chi connectivity index (χ1n) is 19.2. The van der Waals surface area contributed by atoms with Crippen LogP contribution in [0.1, 0.15) is 53.9 Å². The molecule has 0 aromatic heterocycles. The Labute approximate surface area is 331 Å². The van der Waals surface area contributed by atoms with Gasteiger partial charge in [0.05, 0.1) is 12.5 Å². The molecule has 57 heavy (non-hydrogen) atoms. The topological polar surface area (TPSA) is 161 Å². The van der Waals surface area contributed by atoms with Crippen molar-refractivity contribution in [3.8, 4) is 11.1 Å². The summed E-state index contributed by atoms with van der Waals surface area (Å²) in [5, 5.41) is 15.0. The van der Waals surface area contributed by atoms with E-state index in [2.05, 4.69) is 10.6 Å². The van der Waals surface area contributed by atoms with Crippen molar-refractivity contribution < 1.29 is 43.3 Å². The van der Waals surface area contributed by atoms with Gasteiger partial charge < -0.3 is 34.9 Å². The zero-order valence-electron chi connectivity index (χ0n) is 31.6. The minimum absolute atomic E-state index is 0.0457. The third-order valence-electron chi connectivity index (χ3n) is 10.1. The number of carbonyl (C=O) groups excluding carboxylic acids is 5. The summed E-state index contributed by atoms with van der Waals surface area (Å²) >= 11 is 0. The highest BCUT2D eigenvalue weighted by atomic mass is 16.6. The molecule has 2 aliphatic rings. The molecule has 1 aliphatic carbocycles. The molecule has 0 fully saturated rings. The molecule has 6 rings (SSSR count). The molecule has 1 aliphatic heterocycles. The van der Waals surface area contributed by atoms with Crippen LogP contribution in [-0.4, -0.2) is 78.3 Å². The van der Waals surface area contributed by atoms with Crippen molar-refractivity contribution in [2.45, 2.75) is 56.8 Å². The Bertz CT molecular complexity index is 1990. The molecular weight excluding hydrogens is 727 g/mol. The Morgan fingerprint density at radius 1 is 0.807 bits per heavy atom. The van der Waals surface area contributed by atoms with Gasteiger partial charge in [-0.3, -0.25) is 9.59 Å². The molecule has 0 saturated heterocycles. The van der Waals surface area contributed by atoms with E-state index in [9.17, 15) is 29.1 Å². The highest BCUT2D eigenvalue weighted by Gasteiger charge is 2.33. The first-order valence-corrected chi connectivity index (χ1v) is 19.2. The van der Waals surface area contributed by atoms with Crippen LogP contribution in [0.4, 0.5) is 4.79 Å². The van der Waals surface area contributed by atoms with Crippen LogP contribution in [0.15, 0.2) is 121 Å². The number of aliphatic hydroxyl groups is 1. The molecule has 0 radical (unpaired) electrons. The van der Waals surface area contributed by atoms with Crippen LogP contribution in [-0.2, 0) is 46.5 Å². The van der Waals surface area contributed by atoms with E-state index in [0.29, 0.717) is 12.0 Å². The summed E-state index contributed by atoms with van der Waals surface area (Å²) in [4.78, 5) is 69.1. The lowest BCUT2D eigenvalue weighted by molar-refractivity contribution is -0.156. The van der Waals surface area contributed by atoms with E-state index in [1.807, 2.05) is 84.9 Å². The van der Waals surface area contributed by atoms with Crippen molar-refractivity contribution in [2.75, 3.05) is 26.4 Å². The summed E-state index contributed by atoms with van der Waals surface area (Å²) in [5.41, 5.74) is 5.83. The quantitative estimate of drug-likeness (QED) is 0.0969. The predicted molar refractivity (Wildman–Crippen MR) is 211 cm³/mol. The van der Waals surface area contributed by atoms with Gasteiger partial charge in [0.2, 0.25) is 11.8 Å². The number of hydrogen-bond donors (Lipinski definition) is 3. The van der Waals surface area contributed by atoms with Gasteiger partial charge in [-0.05, 0) is 52.6 Å². The number of cyclic esters (lactones) is 1. The van der Waals surface area contributed by atoms with Gasteiger partial charge in [-0.15, -0.1) is 0 Å².